The smallest absolute Gasteiger partial charge is 0.211 e. The normalized spacial score (nSPS) is 13.3. The molecule has 0 saturated carbocycles. The Morgan fingerprint density at radius 1 is 0.724 bits per heavy atom. The number of hydrogen-bond donors (Lipinski definition) is 2. The van der Waals surface area contributed by atoms with E-state index in [4.69, 9.17) is 0 Å². The van der Waals surface area contributed by atoms with Crippen molar-refractivity contribution < 1.29 is 16.8 Å². The standard InChI is InChI=1S/C21H28N2O4S2/c1-3-5-11-22-28(24,25)18-7-9-20-16(14-18)13-17-15-19(8-10-21(17)20)29(26,27)23-12-6-4-2/h7-10,14-15,22-23H,3-6,11-13H2,1-2H3. The van der Waals surface area contributed by atoms with E-state index in [1.165, 1.54) is 0 Å². The van der Waals surface area contributed by atoms with Gasteiger partial charge in [0.1, 0.15) is 0 Å². The van der Waals surface area contributed by atoms with Crippen molar-refractivity contribution in [3.05, 3.63) is 47.5 Å². The van der Waals surface area contributed by atoms with Crippen molar-refractivity contribution in [3.8, 4) is 11.1 Å². The maximum Gasteiger partial charge on any atom is 0.240 e. The van der Waals surface area contributed by atoms with Crippen LogP contribution in [-0.2, 0) is 26.5 Å². The second kappa shape index (κ2) is 8.95. The molecule has 158 valence electrons. The van der Waals surface area contributed by atoms with Gasteiger partial charge in [-0.05, 0) is 65.8 Å². The SMILES string of the molecule is CCCCNS(=O)(=O)c1ccc2c(c1)Cc1cc(S(=O)(=O)NCCCC)ccc1-2. The lowest BCUT2D eigenvalue weighted by Gasteiger charge is -2.09. The molecule has 1 aliphatic carbocycles. The molecule has 0 heterocycles. The second-order valence-corrected chi connectivity index (χ2v) is 10.9. The average Bonchev–Trinajstić information content (AvgIpc) is 3.05. The minimum absolute atomic E-state index is 0.245. The van der Waals surface area contributed by atoms with Gasteiger partial charge in [0.15, 0.2) is 0 Å². The van der Waals surface area contributed by atoms with Gasteiger partial charge in [-0.15, -0.1) is 0 Å². The number of nitrogens with one attached hydrogen (secondary N) is 2. The summed E-state index contributed by atoms with van der Waals surface area (Å²) < 4.78 is 55.2. The Labute approximate surface area is 173 Å². The summed E-state index contributed by atoms with van der Waals surface area (Å²) in [7, 11) is -7.08. The van der Waals surface area contributed by atoms with Gasteiger partial charge in [-0.2, -0.15) is 0 Å². The van der Waals surface area contributed by atoms with Crippen LogP contribution in [0, 0.1) is 0 Å². The van der Waals surface area contributed by atoms with Crippen LogP contribution >= 0.6 is 0 Å². The number of sulfonamides is 2. The van der Waals surface area contributed by atoms with Crippen LogP contribution in [-0.4, -0.2) is 29.9 Å². The Morgan fingerprint density at radius 3 is 1.52 bits per heavy atom. The second-order valence-electron chi connectivity index (χ2n) is 7.32. The molecule has 8 heteroatoms. The third-order valence-electron chi connectivity index (χ3n) is 5.09. The molecule has 0 spiro atoms. The molecular formula is C21H28N2O4S2. The van der Waals surface area contributed by atoms with Crippen LogP contribution in [0.2, 0.25) is 0 Å². The molecule has 1 aliphatic rings. The first-order valence-electron chi connectivity index (χ1n) is 10.0. The van der Waals surface area contributed by atoms with E-state index in [1.807, 2.05) is 26.0 Å². The summed E-state index contributed by atoms with van der Waals surface area (Å²) in [6, 6.07) is 10.2. The highest BCUT2D eigenvalue weighted by molar-refractivity contribution is 7.89. The van der Waals surface area contributed by atoms with Crippen LogP contribution in [0.5, 0.6) is 0 Å². The number of hydrogen-bond acceptors (Lipinski definition) is 4. The molecule has 0 atom stereocenters. The first-order valence-corrected chi connectivity index (χ1v) is 13.0. The number of benzene rings is 2. The minimum Gasteiger partial charge on any atom is -0.211 e. The lowest BCUT2D eigenvalue weighted by atomic mass is 10.1. The molecule has 2 aromatic rings. The fourth-order valence-corrected chi connectivity index (χ4v) is 5.68. The molecule has 29 heavy (non-hydrogen) atoms. The van der Waals surface area contributed by atoms with Crippen molar-refractivity contribution in [1.82, 2.24) is 9.44 Å². The van der Waals surface area contributed by atoms with E-state index in [-0.39, 0.29) is 9.79 Å². The molecule has 0 saturated heterocycles. The van der Waals surface area contributed by atoms with E-state index < -0.39 is 20.0 Å². The molecule has 2 N–H and O–H groups in total. The molecule has 6 nitrogen and oxygen atoms in total. The topological polar surface area (TPSA) is 92.3 Å². The van der Waals surface area contributed by atoms with E-state index in [9.17, 15) is 16.8 Å². The van der Waals surface area contributed by atoms with E-state index in [1.54, 1.807) is 24.3 Å². The molecule has 3 rings (SSSR count). The van der Waals surface area contributed by atoms with E-state index in [2.05, 4.69) is 9.44 Å². The van der Waals surface area contributed by atoms with Gasteiger partial charge in [0, 0.05) is 13.1 Å². The van der Waals surface area contributed by atoms with Crippen LogP contribution < -0.4 is 9.44 Å². The Kier molecular flexibility index (Phi) is 6.78. The monoisotopic (exact) mass is 436 g/mol. The van der Waals surface area contributed by atoms with Gasteiger partial charge < -0.3 is 0 Å². The van der Waals surface area contributed by atoms with Crippen molar-refractivity contribution in [2.24, 2.45) is 0 Å². The van der Waals surface area contributed by atoms with Crippen molar-refractivity contribution in [3.63, 3.8) is 0 Å². The number of fused-ring (bicyclic) bond motifs is 3. The van der Waals surface area contributed by atoms with Crippen molar-refractivity contribution in [2.45, 2.75) is 55.7 Å². The maximum absolute atomic E-state index is 12.5. The van der Waals surface area contributed by atoms with Crippen molar-refractivity contribution in [1.29, 1.82) is 0 Å². The van der Waals surface area contributed by atoms with Crippen LogP contribution in [0.4, 0.5) is 0 Å². The highest BCUT2D eigenvalue weighted by atomic mass is 32.2. The quantitative estimate of drug-likeness (QED) is 0.476. The molecule has 0 bridgehead atoms. The Hall–Kier alpha value is -1.74. The fourth-order valence-electron chi connectivity index (χ4n) is 3.43. The van der Waals surface area contributed by atoms with Gasteiger partial charge in [0.25, 0.3) is 0 Å². The van der Waals surface area contributed by atoms with Crippen LogP contribution in [0.1, 0.15) is 50.7 Å². The molecular weight excluding hydrogens is 408 g/mol. The Bertz CT molecular complexity index is 1010. The summed E-state index contributed by atoms with van der Waals surface area (Å²) in [4.78, 5) is 0.489. The predicted octanol–water partition coefficient (Wildman–Crippen LogP) is 3.41. The molecule has 0 aromatic heterocycles. The third-order valence-corrected chi connectivity index (χ3v) is 8.01. The summed E-state index contributed by atoms with van der Waals surface area (Å²) in [5, 5.41) is 0. The summed E-state index contributed by atoms with van der Waals surface area (Å²) >= 11 is 0. The van der Waals surface area contributed by atoms with Crippen molar-refractivity contribution >= 4 is 20.0 Å². The largest absolute Gasteiger partial charge is 0.240 e. The Balaban J connectivity index is 1.84. The average molecular weight is 437 g/mol. The van der Waals surface area contributed by atoms with Gasteiger partial charge in [-0.3, -0.25) is 0 Å². The summed E-state index contributed by atoms with van der Waals surface area (Å²) in [5.41, 5.74) is 3.70. The van der Waals surface area contributed by atoms with Gasteiger partial charge in [0.2, 0.25) is 20.0 Å². The van der Waals surface area contributed by atoms with Crippen molar-refractivity contribution in [2.75, 3.05) is 13.1 Å². The Morgan fingerprint density at radius 2 is 1.14 bits per heavy atom. The zero-order valence-corrected chi connectivity index (χ0v) is 18.5. The highest BCUT2D eigenvalue weighted by Crippen LogP contribution is 2.38. The van der Waals surface area contributed by atoms with Gasteiger partial charge in [-0.1, -0.05) is 38.8 Å². The molecule has 0 amide bonds. The number of rotatable bonds is 10. The van der Waals surface area contributed by atoms with E-state index in [0.29, 0.717) is 19.5 Å². The molecule has 0 unspecified atom stereocenters. The first-order chi connectivity index (χ1) is 13.8. The molecule has 0 radical (unpaired) electrons. The molecule has 0 fully saturated rings. The van der Waals surface area contributed by atoms with Crippen LogP contribution in [0.15, 0.2) is 46.2 Å². The predicted molar refractivity (Wildman–Crippen MR) is 115 cm³/mol. The zero-order valence-electron chi connectivity index (χ0n) is 16.9. The molecule has 2 aromatic carbocycles. The summed E-state index contributed by atoms with van der Waals surface area (Å²) in [6.45, 7) is 4.86. The van der Waals surface area contributed by atoms with Crippen LogP contribution in [0.3, 0.4) is 0 Å². The number of unbranched alkanes of at least 4 members (excludes halogenated alkanes) is 2. The third kappa shape index (κ3) is 4.88. The highest BCUT2D eigenvalue weighted by Gasteiger charge is 2.24. The summed E-state index contributed by atoms with van der Waals surface area (Å²) in [5.74, 6) is 0. The van der Waals surface area contributed by atoms with Gasteiger partial charge in [-0.25, -0.2) is 26.3 Å². The lowest BCUT2D eigenvalue weighted by Crippen LogP contribution is -2.24. The summed E-state index contributed by atoms with van der Waals surface area (Å²) in [6.07, 6.45) is 3.93. The van der Waals surface area contributed by atoms with E-state index >= 15 is 0 Å². The maximum atomic E-state index is 12.5. The minimum atomic E-state index is -3.54. The fraction of sp³-hybridized carbons (Fsp3) is 0.429. The molecule has 0 aliphatic heterocycles. The van der Waals surface area contributed by atoms with Gasteiger partial charge >= 0.3 is 0 Å². The lowest BCUT2D eigenvalue weighted by molar-refractivity contribution is 0.576. The zero-order chi connectivity index (χ0) is 21.1. The first kappa shape index (κ1) is 22.0. The van der Waals surface area contributed by atoms with E-state index in [0.717, 1.165) is 47.9 Å². The van der Waals surface area contributed by atoms with Crippen LogP contribution in [0.25, 0.3) is 11.1 Å². The van der Waals surface area contributed by atoms with Gasteiger partial charge in [0.05, 0.1) is 9.79 Å².